The number of ether oxygens (including phenoxy) is 1. The molecule has 178 valence electrons. The van der Waals surface area contributed by atoms with Gasteiger partial charge in [-0.2, -0.15) is 4.31 Å². The van der Waals surface area contributed by atoms with E-state index in [0.29, 0.717) is 36.5 Å². The summed E-state index contributed by atoms with van der Waals surface area (Å²) >= 11 is 1.36. The largest absolute Gasteiger partial charge is 0.495 e. The van der Waals surface area contributed by atoms with Gasteiger partial charge in [-0.15, -0.1) is 10.2 Å². The van der Waals surface area contributed by atoms with E-state index >= 15 is 0 Å². The van der Waals surface area contributed by atoms with Gasteiger partial charge in [0.25, 0.3) is 0 Å². The first-order valence-electron chi connectivity index (χ1n) is 11.5. The molecule has 33 heavy (non-hydrogen) atoms. The lowest BCUT2D eigenvalue weighted by molar-refractivity contribution is -0.113. The molecule has 0 unspecified atom stereocenters. The first kappa shape index (κ1) is 22.7. The highest BCUT2D eigenvalue weighted by Crippen LogP contribution is 2.46. The molecule has 1 aliphatic heterocycles. The second-order valence-corrected chi connectivity index (χ2v) is 11.8. The first-order valence-corrected chi connectivity index (χ1v) is 14.0. The number of hydrogen-bond donors (Lipinski definition) is 1. The number of piperidine rings is 1. The van der Waals surface area contributed by atoms with Gasteiger partial charge in [0.05, 0.1) is 23.4 Å². The topological polar surface area (TPSA) is 106 Å². The molecule has 1 N–H and O–H groups in total. The number of methoxy groups -OCH3 is 1. The van der Waals surface area contributed by atoms with Crippen molar-refractivity contribution in [2.75, 3.05) is 31.3 Å². The van der Waals surface area contributed by atoms with E-state index in [2.05, 4.69) is 20.1 Å². The Labute approximate surface area is 198 Å². The molecule has 0 atom stereocenters. The van der Waals surface area contributed by atoms with E-state index in [0.717, 1.165) is 55.9 Å². The van der Waals surface area contributed by atoms with Gasteiger partial charge in [-0.3, -0.25) is 4.79 Å². The van der Waals surface area contributed by atoms with Crippen LogP contribution in [-0.2, 0) is 14.8 Å². The van der Waals surface area contributed by atoms with Crippen LogP contribution in [0, 0.1) is 0 Å². The lowest BCUT2D eigenvalue weighted by Gasteiger charge is -2.26. The maximum Gasteiger partial charge on any atom is 0.243 e. The molecule has 0 radical (unpaired) electrons. The highest BCUT2D eigenvalue weighted by molar-refractivity contribution is 7.99. The normalized spacial score (nSPS) is 19.4. The zero-order chi connectivity index (χ0) is 23.0. The minimum atomic E-state index is -3.61. The summed E-state index contributed by atoms with van der Waals surface area (Å²) in [5, 5.41) is 12.3. The Morgan fingerprint density at radius 1 is 1.15 bits per heavy atom. The second kappa shape index (κ2) is 9.27. The molecule has 1 aromatic heterocycles. The molecule has 1 saturated heterocycles. The number of amides is 1. The Bertz CT molecular complexity index is 1140. The van der Waals surface area contributed by atoms with Gasteiger partial charge in [-0.25, -0.2) is 8.42 Å². The highest BCUT2D eigenvalue weighted by atomic mass is 32.2. The van der Waals surface area contributed by atoms with Crippen LogP contribution < -0.4 is 10.1 Å². The lowest BCUT2D eigenvalue weighted by atomic mass is 10.2. The number of carbonyl (C=O) groups is 1. The van der Waals surface area contributed by atoms with Gasteiger partial charge in [0.1, 0.15) is 11.6 Å². The summed E-state index contributed by atoms with van der Waals surface area (Å²) in [6.07, 6.45) is 7.36. The van der Waals surface area contributed by atoms with Crippen LogP contribution in [0.1, 0.15) is 62.7 Å². The Morgan fingerprint density at radius 2 is 1.91 bits per heavy atom. The van der Waals surface area contributed by atoms with E-state index in [-0.39, 0.29) is 16.6 Å². The van der Waals surface area contributed by atoms with Crippen molar-refractivity contribution in [3.05, 3.63) is 24.0 Å². The number of benzene rings is 1. The predicted octanol–water partition coefficient (Wildman–Crippen LogP) is 3.40. The maximum absolute atomic E-state index is 13.1. The van der Waals surface area contributed by atoms with Crippen LogP contribution >= 0.6 is 11.8 Å². The molecule has 1 amide bonds. The van der Waals surface area contributed by atoms with Gasteiger partial charge >= 0.3 is 0 Å². The third-order valence-electron chi connectivity index (χ3n) is 6.28. The Morgan fingerprint density at radius 3 is 2.58 bits per heavy atom. The van der Waals surface area contributed by atoms with Crippen molar-refractivity contribution in [1.82, 2.24) is 19.1 Å². The smallest absolute Gasteiger partial charge is 0.243 e. The van der Waals surface area contributed by atoms with Crippen molar-refractivity contribution in [3.8, 4) is 5.75 Å². The number of anilines is 1. The van der Waals surface area contributed by atoms with Crippen LogP contribution in [0.4, 0.5) is 5.69 Å². The number of sulfonamides is 1. The molecule has 2 heterocycles. The predicted molar refractivity (Wildman–Crippen MR) is 125 cm³/mol. The number of thioether (sulfide) groups is 1. The fourth-order valence-electron chi connectivity index (χ4n) is 4.20. The van der Waals surface area contributed by atoms with Crippen LogP contribution in [0.3, 0.4) is 0 Å². The van der Waals surface area contributed by atoms with E-state index < -0.39 is 10.0 Å². The molecular weight excluding hydrogens is 462 g/mol. The lowest BCUT2D eigenvalue weighted by Crippen LogP contribution is -2.35. The van der Waals surface area contributed by atoms with Gasteiger partial charge in [0.15, 0.2) is 5.16 Å². The van der Waals surface area contributed by atoms with Crippen molar-refractivity contribution in [2.24, 2.45) is 0 Å². The quantitative estimate of drug-likeness (QED) is 0.536. The SMILES string of the molecule is COc1ccc(S(=O)(=O)N2CCCCC2)cc1NC(=O)CSc1nnc(C2CC2)n1C1CC1. The Kier molecular flexibility index (Phi) is 6.37. The van der Waals surface area contributed by atoms with E-state index in [1.54, 1.807) is 6.07 Å². The Balaban J connectivity index is 1.28. The van der Waals surface area contributed by atoms with Gasteiger partial charge in [-0.05, 0) is 56.7 Å². The highest BCUT2D eigenvalue weighted by Gasteiger charge is 2.36. The molecule has 11 heteroatoms. The van der Waals surface area contributed by atoms with Crippen LogP contribution in [-0.4, -0.2) is 59.3 Å². The van der Waals surface area contributed by atoms with E-state index in [1.165, 1.54) is 35.3 Å². The molecule has 0 bridgehead atoms. The third-order valence-corrected chi connectivity index (χ3v) is 9.11. The van der Waals surface area contributed by atoms with Gasteiger partial charge in [0, 0.05) is 25.0 Å². The standard InChI is InChI=1S/C22H29N5O4S2/c1-31-19-10-9-17(33(29,30)26-11-3-2-4-12-26)13-18(19)23-20(28)14-32-22-25-24-21(15-5-6-15)27(22)16-7-8-16/h9-10,13,15-16H,2-8,11-12,14H2,1H3,(H,23,28). The zero-order valence-corrected chi connectivity index (χ0v) is 20.3. The fourth-order valence-corrected chi connectivity index (χ4v) is 6.56. The molecule has 2 aliphatic carbocycles. The minimum Gasteiger partial charge on any atom is -0.495 e. The number of aromatic nitrogens is 3. The molecule has 3 fully saturated rings. The van der Waals surface area contributed by atoms with E-state index in [1.807, 2.05) is 0 Å². The maximum atomic E-state index is 13.1. The van der Waals surface area contributed by atoms with Crippen molar-refractivity contribution in [3.63, 3.8) is 0 Å². The first-order chi connectivity index (χ1) is 16.0. The number of nitrogens with zero attached hydrogens (tertiary/aromatic N) is 4. The zero-order valence-electron chi connectivity index (χ0n) is 18.7. The monoisotopic (exact) mass is 491 g/mol. The molecule has 9 nitrogen and oxygen atoms in total. The molecular formula is C22H29N5O4S2. The molecule has 2 aromatic rings. The summed E-state index contributed by atoms with van der Waals surface area (Å²) < 4.78 is 35.2. The van der Waals surface area contributed by atoms with Gasteiger partial charge in [-0.1, -0.05) is 18.2 Å². The number of carbonyl (C=O) groups excluding carboxylic acids is 1. The summed E-state index contributed by atoms with van der Waals surface area (Å²) in [6.45, 7) is 1.05. The average molecular weight is 492 g/mol. The van der Waals surface area contributed by atoms with Crippen molar-refractivity contribution >= 4 is 33.4 Å². The molecule has 2 saturated carbocycles. The van der Waals surface area contributed by atoms with Crippen molar-refractivity contribution in [2.45, 2.75) is 67.0 Å². The average Bonchev–Trinajstić information content (AvgIpc) is 3.77. The van der Waals surface area contributed by atoms with E-state index in [9.17, 15) is 13.2 Å². The van der Waals surface area contributed by atoms with Crippen LogP contribution in [0.2, 0.25) is 0 Å². The van der Waals surface area contributed by atoms with Crippen LogP contribution in [0.25, 0.3) is 0 Å². The molecule has 5 rings (SSSR count). The Hall–Kier alpha value is -2.11. The van der Waals surface area contributed by atoms with Gasteiger partial charge < -0.3 is 14.6 Å². The summed E-state index contributed by atoms with van der Waals surface area (Å²) in [5.74, 6) is 1.89. The summed E-state index contributed by atoms with van der Waals surface area (Å²) in [4.78, 5) is 12.9. The number of nitrogens with one attached hydrogen (secondary N) is 1. The number of hydrogen-bond acceptors (Lipinski definition) is 7. The van der Waals surface area contributed by atoms with E-state index in [4.69, 9.17) is 4.74 Å². The van der Waals surface area contributed by atoms with Gasteiger partial charge in [0.2, 0.25) is 15.9 Å². The fraction of sp³-hybridized carbons (Fsp3) is 0.591. The van der Waals surface area contributed by atoms with Crippen molar-refractivity contribution in [1.29, 1.82) is 0 Å². The van der Waals surface area contributed by atoms with Crippen LogP contribution in [0.5, 0.6) is 5.75 Å². The molecule has 3 aliphatic rings. The third kappa shape index (κ3) is 4.90. The summed E-state index contributed by atoms with van der Waals surface area (Å²) in [7, 11) is -2.11. The minimum absolute atomic E-state index is 0.155. The molecule has 1 aromatic carbocycles. The van der Waals surface area contributed by atoms with Crippen molar-refractivity contribution < 1.29 is 17.9 Å². The summed E-state index contributed by atoms with van der Waals surface area (Å²) in [6, 6.07) is 5.07. The summed E-state index contributed by atoms with van der Waals surface area (Å²) in [5.41, 5.74) is 0.350. The molecule has 0 spiro atoms. The van der Waals surface area contributed by atoms with Crippen LogP contribution in [0.15, 0.2) is 28.3 Å². The number of rotatable bonds is 9. The second-order valence-electron chi connectivity index (χ2n) is 8.88.